The van der Waals surface area contributed by atoms with Gasteiger partial charge in [0.25, 0.3) is 5.91 Å². The van der Waals surface area contributed by atoms with Gasteiger partial charge in [0, 0.05) is 36.6 Å². The number of nitrogens with two attached hydrogens (primary N) is 1. The van der Waals surface area contributed by atoms with Gasteiger partial charge < -0.3 is 25.7 Å². The largest absolute Gasteiger partial charge is 0.467 e. The van der Waals surface area contributed by atoms with Gasteiger partial charge in [0.05, 0.1) is 24.4 Å². The molecule has 0 spiro atoms. The summed E-state index contributed by atoms with van der Waals surface area (Å²) in [6.45, 7) is 3.72. The number of carbonyl (C=O) groups is 2. The lowest BCUT2D eigenvalue weighted by Gasteiger charge is -2.31. The quantitative estimate of drug-likeness (QED) is 0.275. The number of methoxy groups -OCH3 is 1. The number of amidine groups is 1. The highest BCUT2D eigenvalue weighted by Gasteiger charge is 2.25. The first-order valence-corrected chi connectivity index (χ1v) is 12.1. The average Bonchev–Trinajstić information content (AvgIpc) is 3.29. The maximum Gasteiger partial charge on any atom is 0.328 e. The molecular formula is C27H33N5O3. The molecule has 0 bridgehead atoms. The van der Waals surface area contributed by atoms with Gasteiger partial charge in [-0.2, -0.15) is 0 Å². The van der Waals surface area contributed by atoms with E-state index in [0.717, 1.165) is 48.2 Å². The highest BCUT2D eigenvalue weighted by atomic mass is 16.5. The molecule has 2 heterocycles. The van der Waals surface area contributed by atoms with E-state index in [2.05, 4.69) is 15.2 Å². The number of esters is 1. The standard InChI is InChI=1S/C27H33N5O3/c1-18(28)25(32-14-8-3-9-15-32)30-23-13-7-5-11-21(23)26(33)31-24(27(34)35-2)16-19-17-29-22-12-6-4-10-20(19)22/h4-7,10-13,17-18,24,29H,3,8-9,14-16,28H2,1-2H3,(H,31,33)/t18-,24-/m1/s1. The van der Waals surface area contributed by atoms with Crippen molar-refractivity contribution in [3.8, 4) is 0 Å². The Bertz CT molecular complexity index is 1210. The third kappa shape index (κ3) is 5.71. The SMILES string of the molecule is COC(=O)[C@@H](Cc1c[nH]c2ccccc12)NC(=O)c1ccccc1N=C([C@@H](C)N)N1CCCCC1. The molecule has 1 saturated heterocycles. The van der Waals surface area contributed by atoms with Crippen molar-refractivity contribution in [3.05, 3.63) is 65.9 Å². The van der Waals surface area contributed by atoms with Crippen LogP contribution in [0.5, 0.6) is 0 Å². The van der Waals surface area contributed by atoms with E-state index in [1.165, 1.54) is 13.5 Å². The van der Waals surface area contributed by atoms with Gasteiger partial charge in [-0.1, -0.05) is 30.3 Å². The number of rotatable bonds is 7. The minimum Gasteiger partial charge on any atom is -0.467 e. The molecular weight excluding hydrogens is 442 g/mol. The van der Waals surface area contributed by atoms with Crippen LogP contribution in [-0.2, 0) is 16.0 Å². The molecule has 4 N–H and O–H groups in total. The third-order valence-electron chi connectivity index (χ3n) is 6.36. The second kappa shape index (κ2) is 11.2. The number of ether oxygens (including phenoxy) is 1. The van der Waals surface area contributed by atoms with E-state index in [1.807, 2.05) is 43.5 Å². The summed E-state index contributed by atoms with van der Waals surface area (Å²) in [4.78, 5) is 36.2. The van der Waals surface area contributed by atoms with Gasteiger partial charge in [-0.15, -0.1) is 0 Å². The lowest BCUT2D eigenvalue weighted by molar-refractivity contribution is -0.142. The van der Waals surface area contributed by atoms with Gasteiger partial charge in [0.1, 0.15) is 11.9 Å². The lowest BCUT2D eigenvalue weighted by atomic mass is 10.0. The molecule has 0 saturated carbocycles. The number of piperidine rings is 1. The molecule has 184 valence electrons. The molecule has 8 heteroatoms. The number of fused-ring (bicyclic) bond motifs is 1. The second-order valence-electron chi connectivity index (χ2n) is 8.94. The fourth-order valence-electron chi connectivity index (χ4n) is 4.56. The van der Waals surface area contributed by atoms with E-state index >= 15 is 0 Å². The van der Waals surface area contributed by atoms with Gasteiger partial charge in [-0.25, -0.2) is 9.79 Å². The van der Waals surface area contributed by atoms with Crippen LogP contribution >= 0.6 is 0 Å². The van der Waals surface area contributed by atoms with Crippen LogP contribution in [0.25, 0.3) is 10.9 Å². The number of hydrogen-bond acceptors (Lipinski definition) is 5. The zero-order chi connectivity index (χ0) is 24.8. The van der Waals surface area contributed by atoms with Crippen LogP contribution in [-0.4, -0.2) is 59.9 Å². The number of aliphatic imine (C=N–C) groups is 1. The molecule has 2 aromatic carbocycles. The van der Waals surface area contributed by atoms with Gasteiger partial charge in [0.15, 0.2) is 0 Å². The number of nitrogens with zero attached hydrogens (tertiary/aromatic N) is 2. The number of likely N-dealkylation sites (tertiary alicyclic amines) is 1. The molecule has 8 nitrogen and oxygen atoms in total. The van der Waals surface area contributed by atoms with Crippen LogP contribution in [0.4, 0.5) is 5.69 Å². The average molecular weight is 476 g/mol. The molecule has 4 rings (SSSR count). The van der Waals surface area contributed by atoms with Crippen molar-refractivity contribution < 1.29 is 14.3 Å². The van der Waals surface area contributed by atoms with Crippen molar-refractivity contribution >= 4 is 34.3 Å². The Kier molecular flexibility index (Phi) is 7.82. The predicted octanol–water partition coefficient (Wildman–Crippen LogP) is 3.55. The van der Waals surface area contributed by atoms with E-state index in [9.17, 15) is 9.59 Å². The molecule has 35 heavy (non-hydrogen) atoms. The molecule has 0 unspecified atom stereocenters. The molecule has 1 fully saturated rings. The van der Waals surface area contributed by atoms with Gasteiger partial charge in [0.2, 0.25) is 0 Å². The van der Waals surface area contributed by atoms with E-state index in [0.29, 0.717) is 17.7 Å². The van der Waals surface area contributed by atoms with Crippen LogP contribution in [0.15, 0.2) is 59.7 Å². The summed E-state index contributed by atoms with van der Waals surface area (Å²) in [6, 6.07) is 13.9. The van der Waals surface area contributed by atoms with Crippen molar-refractivity contribution in [1.29, 1.82) is 0 Å². The molecule has 1 aliphatic heterocycles. The van der Waals surface area contributed by atoms with Gasteiger partial charge in [-0.05, 0) is 49.9 Å². The maximum absolute atomic E-state index is 13.4. The Hall–Kier alpha value is -3.65. The maximum atomic E-state index is 13.4. The van der Waals surface area contributed by atoms with E-state index in [4.69, 9.17) is 15.5 Å². The Morgan fingerprint density at radius 3 is 2.57 bits per heavy atom. The molecule has 2 atom stereocenters. The Morgan fingerprint density at radius 2 is 1.83 bits per heavy atom. The fraction of sp³-hybridized carbons (Fsp3) is 0.370. The van der Waals surface area contributed by atoms with Crippen LogP contribution in [0.3, 0.4) is 0 Å². The number of amides is 1. The predicted molar refractivity (Wildman–Crippen MR) is 138 cm³/mol. The number of aromatic amines is 1. The number of carbonyl (C=O) groups excluding carboxylic acids is 2. The van der Waals surface area contributed by atoms with E-state index in [1.54, 1.807) is 18.2 Å². The van der Waals surface area contributed by atoms with Crippen LogP contribution in [0.2, 0.25) is 0 Å². The first kappa shape index (κ1) is 24.5. The van der Waals surface area contributed by atoms with Crippen molar-refractivity contribution in [1.82, 2.24) is 15.2 Å². The summed E-state index contributed by atoms with van der Waals surface area (Å²) in [5.74, 6) is -0.121. The first-order valence-electron chi connectivity index (χ1n) is 12.1. The van der Waals surface area contributed by atoms with Gasteiger partial charge >= 0.3 is 5.97 Å². The van der Waals surface area contributed by atoms with Crippen LogP contribution in [0, 0.1) is 0 Å². The highest BCUT2D eigenvalue weighted by molar-refractivity contribution is 6.02. The molecule has 1 amide bonds. The minimum atomic E-state index is -0.848. The van der Waals surface area contributed by atoms with Crippen LogP contribution in [0.1, 0.15) is 42.1 Å². The fourth-order valence-corrected chi connectivity index (χ4v) is 4.56. The number of H-pyrrole nitrogens is 1. The number of benzene rings is 2. The summed E-state index contributed by atoms with van der Waals surface area (Å²) in [6.07, 6.45) is 5.56. The molecule has 1 aromatic heterocycles. The Labute approximate surface area is 205 Å². The molecule has 0 radical (unpaired) electrons. The highest BCUT2D eigenvalue weighted by Crippen LogP contribution is 2.23. The zero-order valence-electron chi connectivity index (χ0n) is 20.3. The van der Waals surface area contributed by atoms with E-state index in [-0.39, 0.29) is 11.9 Å². The molecule has 0 aliphatic carbocycles. The summed E-state index contributed by atoms with van der Waals surface area (Å²) < 4.78 is 5.00. The number of aromatic nitrogens is 1. The monoisotopic (exact) mass is 475 g/mol. The molecule has 3 aromatic rings. The molecule has 1 aliphatic rings. The third-order valence-corrected chi connectivity index (χ3v) is 6.36. The topological polar surface area (TPSA) is 113 Å². The first-order chi connectivity index (χ1) is 17.0. The summed E-state index contributed by atoms with van der Waals surface area (Å²) in [7, 11) is 1.32. The van der Waals surface area contributed by atoms with Crippen molar-refractivity contribution in [2.75, 3.05) is 20.2 Å². The summed E-state index contributed by atoms with van der Waals surface area (Å²) in [5.41, 5.74) is 9.07. The minimum absolute atomic E-state index is 0.270. The summed E-state index contributed by atoms with van der Waals surface area (Å²) in [5, 5.41) is 3.87. The normalized spacial score (nSPS) is 16.1. The summed E-state index contributed by atoms with van der Waals surface area (Å²) >= 11 is 0. The second-order valence-corrected chi connectivity index (χ2v) is 8.94. The number of nitrogens with one attached hydrogen (secondary N) is 2. The smallest absolute Gasteiger partial charge is 0.328 e. The number of para-hydroxylation sites is 2. The lowest BCUT2D eigenvalue weighted by Crippen LogP contribution is -2.45. The zero-order valence-corrected chi connectivity index (χ0v) is 20.3. The van der Waals surface area contributed by atoms with Crippen molar-refractivity contribution in [2.24, 2.45) is 10.7 Å². The van der Waals surface area contributed by atoms with Crippen LogP contribution < -0.4 is 11.1 Å². The van der Waals surface area contributed by atoms with Crippen molar-refractivity contribution in [3.63, 3.8) is 0 Å². The Balaban J connectivity index is 1.59. The van der Waals surface area contributed by atoms with Gasteiger partial charge in [-0.3, -0.25) is 4.79 Å². The van der Waals surface area contributed by atoms with Crippen molar-refractivity contribution in [2.45, 2.75) is 44.7 Å². The van der Waals surface area contributed by atoms with E-state index < -0.39 is 12.0 Å². The Morgan fingerprint density at radius 1 is 1.11 bits per heavy atom. The number of hydrogen-bond donors (Lipinski definition) is 3.